The summed E-state index contributed by atoms with van der Waals surface area (Å²) in [5, 5.41) is 10.9. The van der Waals surface area contributed by atoms with Crippen LogP contribution in [0, 0.1) is 10.1 Å². The predicted octanol–water partition coefficient (Wildman–Crippen LogP) is 4.33. The van der Waals surface area contributed by atoms with E-state index in [1.807, 2.05) is 0 Å². The summed E-state index contributed by atoms with van der Waals surface area (Å²) in [6, 6.07) is 4.14. The van der Waals surface area contributed by atoms with E-state index >= 15 is 0 Å². The van der Waals surface area contributed by atoms with Crippen molar-refractivity contribution in [2.45, 2.75) is 5.88 Å². The first kappa shape index (κ1) is 15.0. The van der Waals surface area contributed by atoms with Crippen molar-refractivity contribution in [3.8, 4) is 11.6 Å². The van der Waals surface area contributed by atoms with Crippen LogP contribution in [0.3, 0.4) is 0 Å². The number of benzene rings is 1. The molecule has 6 nitrogen and oxygen atoms in total. The second kappa shape index (κ2) is 6.34. The molecule has 0 radical (unpaired) electrons. The molecule has 0 saturated carbocycles. The molecule has 0 aliphatic heterocycles. The molecule has 0 unspecified atom stereocenters. The Bertz CT molecular complexity index is 669. The van der Waals surface area contributed by atoms with Crippen LogP contribution in [0.25, 0.3) is 0 Å². The third kappa shape index (κ3) is 3.17. The highest BCUT2D eigenvalue weighted by molar-refractivity contribution is 9.10. The Labute approximate surface area is 132 Å². The zero-order valence-corrected chi connectivity index (χ0v) is 12.8. The van der Waals surface area contributed by atoms with Crippen LogP contribution in [-0.2, 0) is 5.88 Å². The van der Waals surface area contributed by atoms with Gasteiger partial charge in [-0.25, -0.2) is 9.97 Å². The number of ether oxygens (including phenoxy) is 1. The van der Waals surface area contributed by atoms with E-state index in [4.69, 9.17) is 27.9 Å². The van der Waals surface area contributed by atoms with E-state index in [1.54, 1.807) is 0 Å². The highest BCUT2D eigenvalue weighted by Gasteiger charge is 2.15. The summed E-state index contributed by atoms with van der Waals surface area (Å²) >= 11 is 14.9. The summed E-state index contributed by atoms with van der Waals surface area (Å²) < 4.78 is 6.07. The lowest BCUT2D eigenvalue weighted by atomic mass is 10.3. The molecule has 0 spiro atoms. The summed E-state index contributed by atoms with van der Waals surface area (Å²) in [7, 11) is 0. The smallest absolute Gasteiger partial charge is 0.273 e. The fourth-order valence-corrected chi connectivity index (χ4v) is 2.19. The second-order valence-corrected chi connectivity index (χ2v) is 5.04. The molecular formula is C11H6BrCl2N3O3. The van der Waals surface area contributed by atoms with E-state index in [1.165, 1.54) is 24.5 Å². The first-order valence-electron chi connectivity index (χ1n) is 5.20. The fourth-order valence-electron chi connectivity index (χ4n) is 1.36. The van der Waals surface area contributed by atoms with Gasteiger partial charge in [0.1, 0.15) is 11.5 Å². The highest BCUT2D eigenvalue weighted by Crippen LogP contribution is 2.34. The quantitative estimate of drug-likeness (QED) is 0.342. The van der Waals surface area contributed by atoms with Crippen molar-refractivity contribution in [2.24, 2.45) is 0 Å². The van der Waals surface area contributed by atoms with E-state index < -0.39 is 4.92 Å². The zero-order valence-electron chi connectivity index (χ0n) is 9.72. The van der Waals surface area contributed by atoms with Crippen LogP contribution in [0.2, 0.25) is 5.15 Å². The van der Waals surface area contributed by atoms with E-state index in [-0.39, 0.29) is 28.3 Å². The molecule has 1 aromatic heterocycles. The van der Waals surface area contributed by atoms with Crippen molar-refractivity contribution in [2.75, 3.05) is 0 Å². The van der Waals surface area contributed by atoms with Crippen molar-refractivity contribution in [3.63, 3.8) is 0 Å². The fraction of sp³-hybridized carbons (Fsp3) is 0.0909. The van der Waals surface area contributed by atoms with Crippen LogP contribution in [0.5, 0.6) is 11.6 Å². The maximum Gasteiger partial charge on any atom is 0.273 e. The number of nitrogens with zero attached hydrogens (tertiary/aromatic N) is 3. The van der Waals surface area contributed by atoms with Gasteiger partial charge < -0.3 is 4.74 Å². The van der Waals surface area contributed by atoms with Crippen molar-refractivity contribution in [1.82, 2.24) is 9.97 Å². The third-order valence-corrected chi connectivity index (χ3v) is 3.57. The number of hydrogen-bond acceptors (Lipinski definition) is 5. The molecule has 0 aliphatic rings. The second-order valence-electron chi connectivity index (χ2n) is 3.56. The summed E-state index contributed by atoms with van der Waals surface area (Å²) in [6.45, 7) is 0. The minimum atomic E-state index is -0.519. The van der Waals surface area contributed by atoms with Crippen molar-refractivity contribution >= 4 is 44.8 Å². The van der Waals surface area contributed by atoms with E-state index in [2.05, 4.69) is 25.9 Å². The summed E-state index contributed by atoms with van der Waals surface area (Å²) in [4.78, 5) is 18.0. The van der Waals surface area contributed by atoms with Crippen LogP contribution in [0.15, 0.2) is 29.0 Å². The SMILES string of the molecule is O=[N+]([O-])c1ccc(Br)c(Oc2ncnc(Cl)c2CCl)c1. The van der Waals surface area contributed by atoms with Gasteiger partial charge in [-0.1, -0.05) is 11.6 Å². The molecule has 2 aromatic rings. The van der Waals surface area contributed by atoms with Crippen LogP contribution >= 0.6 is 39.1 Å². The number of nitro benzene ring substituents is 1. The Hall–Kier alpha value is -1.44. The van der Waals surface area contributed by atoms with E-state index in [0.717, 1.165) is 0 Å². The molecule has 104 valence electrons. The number of halogens is 3. The van der Waals surface area contributed by atoms with Gasteiger partial charge in [0.25, 0.3) is 5.69 Å². The van der Waals surface area contributed by atoms with Crippen molar-refractivity contribution in [1.29, 1.82) is 0 Å². The van der Waals surface area contributed by atoms with Gasteiger partial charge in [-0.05, 0) is 22.0 Å². The molecule has 2 rings (SSSR count). The van der Waals surface area contributed by atoms with Crippen LogP contribution < -0.4 is 4.74 Å². The molecule has 0 atom stereocenters. The van der Waals surface area contributed by atoms with Gasteiger partial charge >= 0.3 is 0 Å². The monoisotopic (exact) mass is 377 g/mol. The number of non-ortho nitro benzene ring substituents is 1. The Kier molecular flexibility index (Phi) is 4.74. The summed E-state index contributed by atoms with van der Waals surface area (Å²) in [6.07, 6.45) is 1.22. The number of nitro groups is 1. The molecule has 0 amide bonds. The topological polar surface area (TPSA) is 78.2 Å². The normalized spacial score (nSPS) is 10.3. The molecular weight excluding hydrogens is 373 g/mol. The van der Waals surface area contributed by atoms with Crippen molar-refractivity contribution in [3.05, 3.63) is 49.8 Å². The van der Waals surface area contributed by atoms with Gasteiger partial charge in [-0.15, -0.1) is 11.6 Å². The molecule has 20 heavy (non-hydrogen) atoms. The summed E-state index contributed by atoms with van der Waals surface area (Å²) in [5.74, 6) is 0.447. The van der Waals surface area contributed by atoms with Gasteiger partial charge in [0.2, 0.25) is 5.88 Å². The standard InChI is InChI=1S/C11H6BrCl2N3O3/c12-8-2-1-6(17(18)19)3-9(8)20-11-7(4-13)10(14)15-5-16-11/h1-3,5H,4H2. The molecule has 0 bridgehead atoms. The van der Waals surface area contributed by atoms with Gasteiger partial charge in [-0.2, -0.15) is 0 Å². The highest BCUT2D eigenvalue weighted by atomic mass is 79.9. The molecule has 9 heteroatoms. The largest absolute Gasteiger partial charge is 0.437 e. The third-order valence-electron chi connectivity index (χ3n) is 2.32. The van der Waals surface area contributed by atoms with E-state index in [9.17, 15) is 10.1 Å². The molecule has 1 aromatic carbocycles. The molecule has 0 aliphatic carbocycles. The number of rotatable bonds is 4. The maximum atomic E-state index is 10.8. The average Bonchev–Trinajstić information content (AvgIpc) is 2.41. The van der Waals surface area contributed by atoms with Crippen LogP contribution in [0.1, 0.15) is 5.56 Å². The summed E-state index contributed by atoms with van der Waals surface area (Å²) in [5.41, 5.74) is 0.310. The minimum absolute atomic E-state index is 0.0571. The first-order valence-corrected chi connectivity index (χ1v) is 6.90. The lowest BCUT2D eigenvalue weighted by Crippen LogP contribution is -1.97. The Morgan fingerprint density at radius 2 is 2.15 bits per heavy atom. The Balaban J connectivity index is 2.42. The van der Waals surface area contributed by atoms with Gasteiger partial charge in [-0.3, -0.25) is 10.1 Å². The number of hydrogen-bond donors (Lipinski definition) is 0. The van der Waals surface area contributed by atoms with Gasteiger partial charge in [0.15, 0.2) is 5.75 Å². The van der Waals surface area contributed by atoms with E-state index in [0.29, 0.717) is 10.0 Å². The molecule has 0 saturated heterocycles. The first-order chi connectivity index (χ1) is 9.52. The molecule has 0 N–H and O–H groups in total. The van der Waals surface area contributed by atoms with Crippen molar-refractivity contribution < 1.29 is 9.66 Å². The maximum absolute atomic E-state index is 10.8. The molecule has 0 fully saturated rings. The van der Waals surface area contributed by atoms with Crippen LogP contribution in [-0.4, -0.2) is 14.9 Å². The number of aromatic nitrogens is 2. The van der Waals surface area contributed by atoms with Gasteiger partial charge in [0.05, 0.1) is 26.9 Å². The lowest BCUT2D eigenvalue weighted by molar-refractivity contribution is -0.384. The molecule has 1 heterocycles. The number of alkyl halides is 1. The average molecular weight is 379 g/mol. The Morgan fingerprint density at radius 3 is 2.80 bits per heavy atom. The lowest BCUT2D eigenvalue weighted by Gasteiger charge is -2.10. The minimum Gasteiger partial charge on any atom is -0.437 e. The van der Waals surface area contributed by atoms with Crippen LogP contribution in [0.4, 0.5) is 5.69 Å². The zero-order chi connectivity index (χ0) is 14.7. The van der Waals surface area contributed by atoms with Gasteiger partial charge in [0, 0.05) is 6.07 Å². The predicted molar refractivity (Wildman–Crippen MR) is 77.5 cm³/mol. The Morgan fingerprint density at radius 1 is 1.40 bits per heavy atom.